The molecule has 0 aliphatic rings. The van der Waals surface area contributed by atoms with E-state index in [0.29, 0.717) is 19.4 Å². The number of esters is 1. The SMILES string of the molecule is COC(=O)[C@H](CCCCN)NC(=O)C(F)(F)F. The highest BCUT2D eigenvalue weighted by Gasteiger charge is 2.40. The standard InChI is InChI=1S/C9H15F3N2O3/c1-17-7(15)6(4-2-3-5-13)14-8(16)9(10,11)12/h6H,2-5,13H2,1H3,(H,14,16)/t6-/m0/s1. The second kappa shape index (κ2) is 7.10. The number of unbranched alkanes of at least 4 members (excludes halogenated alkanes) is 1. The number of halogens is 3. The predicted octanol–water partition coefficient (Wildman–Crippen LogP) is 0.335. The minimum atomic E-state index is -5.01. The van der Waals surface area contributed by atoms with Gasteiger partial charge >= 0.3 is 18.1 Å². The first kappa shape index (κ1) is 15.7. The van der Waals surface area contributed by atoms with Crippen LogP contribution >= 0.6 is 0 Å². The Morgan fingerprint density at radius 1 is 1.35 bits per heavy atom. The van der Waals surface area contributed by atoms with Gasteiger partial charge in [-0.05, 0) is 25.8 Å². The smallest absolute Gasteiger partial charge is 0.467 e. The minimum absolute atomic E-state index is 0.0612. The Kier molecular flexibility index (Phi) is 6.55. The third-order valence-electron chi connectivity index (χ3n) is 2.00. The summed E-state index contributed by atoms with van der Waals surface area (Å²) in [6.45, 7) is 0.362. The van der Waals surface area contributed by atoms with Gasteiger partial charge in [0, 0.05) is 0 Å². The number of amides is 1. The molecule has 100 valence electrons. The van der Waals surface area contributed by atoms with Crippen LogP contribution in [0.2, 0.25) is 0 Å². The molecule has 0 aromatic heterocycles. The second-order valence-corrected chi connectivity index (χ2v) is 3.33. The second-order valence-electron chi connectivity index (χ2n) is 3.33. The maximum Gasteiger partial charge on any atom is 0.471 e. The van der Waals surface area contributed by atoms with Gasteiger partial charge in [0.05, 0.1) is 7.11 Å². The first-order valence-electron chi connectivity index (χ1n) is 4.98. The first-order valence-corrected chi connectivity index (χ1v) is 4.98. The topological polar surface area (TPSA) is 81.4 Å². The largest absolute Gasteiger partial charge is 0.471 e. The molecule has 17 heavy (non-hydrogen) atoms. The molecular weight excluding hydrogens is 241 g/mol. The highest BCUT2D eigenvalue weighted by molar-refractivity contribution is 5.87. The van der Waals surface area contributed by atoms with Crippen LogP contribution in [0, 0.1) is 0 Å². The van der Waals surface area contributed by atoms with Crippen LogP contribution < -0.4 is 11.1 Å². The number of hydrogen-bond acceptors (Lipinski definition) is 4. The summed E-state index contributed by atoms with van der Waals surface area (Å²) in [5.74, 6) is -3.06. The van der Waals surface area contributed by atoms with Crippen molar-refractivity contribution >= 4 is 11.9 Å². The Hall–Kier alpha value is -1.31. The van der Waals surface area contributed by atoms with Gasteiger partial charge in [0.15, 0.2) is 0 Å². The summed E-state index contributed by atoms with van der Waals surface area (Å²) in [6, 6.07) is -1.29. The van der Waals surface area contributed by atoms with Crippen molar-refractivity contribution in [3.8, 4) is 0 Å². The Labute approximate surface area is 96.5 Å². The third-order valence-corrected chi connectivity index (χ3v) is 2.00. The number of nitrogens with two attached hydrogens (primary N) is 1. The van der Waals surface area contributed by atoms with E-state index < -0.39 is 24.1 Å². The molecule has 0 aromatic carbocycles. The van der Waals surface area contributed by atoms with Crippen molar-refractivity contribution in [3.63, 3.8) is 0 Å². The van der Waals surface area contributed by atoms with Gasteiger partial charge in [0.1, 0.15) is 6.04 Å². The van der Waals surface area contributed by atoms with Crippen molar-refractivity contribution in [2.45, 2.75) is 31.5 Å². The number of alkyl halides is 3. The molecule has 0 saturated carbocycles. The molecule has 0 saturated heterocycles. The van der Waals surface area contributed by atoms with Gasteiger partial charge in [-0.25, -0.2) is 4.79 Å². The Morgan fingerprint density at radius 3 is 2.35 bits per heavy atom. The number of hydrogen-bond donors (Lipinski definition) is 2. The van der Waals surface area contributed by atoms with Gasteiger partial charge in [0.25, 0.3) is 0 Å². The predicted molar refractivity (Wildman–Crippen MR) is 52.9 cm³/mol. The fourth-order valence-electron chi connectivity index (χ4n) is 1.12. The molecule has 0 aromatic rings. The van der Waals surface area contributed by atoms with Crippen molar-refractivity contribution in [2.24, 2.45) is 5.73 Å². The maximum absolute atomic E-state index is 12.0. The fourth-order valence-corrected chi connectivity index (χ4v) is 1.12. The van der Waals surface area contributed by atoms with Crippen LogP contribution in [0.5, 0.6) is 0 Å². The maximum atomic E-state index is 12.0. The molecule has 3 N–H and O–H groups in total. The number of methoxy groups -OCH3 is 1. The lowest BCUT2D eigenvalue weighted by molar-refractivity contribution is -0.175. The van der Waals surface area contributed by atoms with E-state index in [1.165, 1.54) is 0 Å². The van der Waals surface area contributed by atoms with E-state index >= 15 is 0 Å². The van der Waals surface area contributed by atoms with Crippen LogP contribution in [-0.4, -0.2) is 37.7 Å². The summed E-state index contributed by atoms with van der Waals surface area (Å²) in [4.78, 5) is 21.8. The fraction of sp³-hybridized carbons (Fsp3) is 0.778. The molecule has 0 spiro atoms. The number of rotatable bonds is 6. The van der Waals surface area contributed by atoms with Gasteiger partial charge in [-0.1, -0.05) is 0 Å². The minimum Gasteiger partial charge on any atom is -0.467 e. The van der Waals surface area contributed by atoms with E-state index in [4.69, 9.17) is 5.73 Å². The van der Waals surface area contributed by atoms with Crippen LogP contribution in [0.1, 0.15) is 19.3 Å². The van der Waals surface area contributed by atoms with Gasteiger partial charge in [-0.15, -0.1) is 0 Å². The molecule has 1 atom stereocenters. The van der Waals surface area contributed by atoms with Crippen molar-refractivity contribution in [2.75, 3.05) is 13.7 Å². The molecule has 0 heterocycles. The molecule has 5 nitrogen and oxygen atoms in total. The lowest BCUT2D eigenvalue weighted by Gasteiger charge is -2.17. The van der Waals surface area contributed by atoms with Crippen molar-refractivity contribution in [1.29, 1.82) is 0 Å². The zero-order valence-electron chi connectivity index (χ0n) is 9.34. The number of carbonyl (C=O) groups excluding carboxylic acids is 2. The Morgan fingerprint density at radius 2 is 1.94 bits per heavy atom. The quantitative estimate of drug-likeness (QED) is 0.530. The summed E-state index contributed by atoms with van der Waals surface area (Å²) in [5.41, 5.74) is 5.21. The Bertz CT molecular complexity index is 269. The van der Waals surface area contributed by atoms with E-state index in [-0.39, 0.29) is 6.42 Å². The van der Waals surface area contributed by atoms with Gasteiger partial charge in [-0.2, -0.15) is 13.2 Å². The van der Waals surface area contributed by atoms with Crippen molar-refractivity contribution in [1.82, 2.24) is 5.32 Å². The van der Waals surface area contributed by atoms with Crippen LogP contribution in [0.3, 0.4) is 0 Å². The lowest BCUT2D eigenvalue weighted by atomic mass is 10.1. The molecule has 8 heteroatoms. The molecule has 0 fully saturated rings. The Balaban J connectivity index is 4.39. The van der Waals surface area contributed by atoms with Crippen molar-refractivity contribution < 1.29 is 27.5 Å². The van der Waals surface area contributed by atoms with Gasteiger partial charge in [0.2, 0.25) is 0 Å². The zero-order chi connectivity index (χ0) is 13.5. The molecule has 0 radical (unpaired) electrons. The van der Waals surface area contributed by atoms with E-state index in [1.54, 1.807) is 5.32 Å². The average Bonchev–Trinajstić information content (AvgIpc) is 2.25. The summed E-state index contributed by atoms with van der Waals surface area (Å²) in [5, 5.41) is 1.59. The summed E-state index contributed by atoms with van der Waals surface area (Å²) in [7, 11) is 1.04. The third kappa shape index (κ3) is 6.10. The molecule has 0 aliphatic heterocycles. The monoisotopic (exact) mass is 256 g/mol. The average molecular weight is 256 g/mol. The highest BCUT2D eigenvalue weighted by Crippen LogP contribution is 2.15. The molecule has 0 bridgehead atoms. The van der Waals surface area contributed by atoms with Crippen LogP contribution in [0.15, 0.2) is 0 Å². The molecule has 0 rings (SSSR count). The molecule has 0 aliphatic carbocycles. The van der Waals surface area contributed by atoms with Crippen LogP contribution in [0.25, 0.3) is 0 Å². The van der Waals surface area contributed by atoms with Crippen LogP contribution in [-0.2, 0) is 14.3 Å². The summed E-state index contributed by atoms with van der Waals surface area (Å²) < 4.78 is 40.2. The molecular formula is C9H15F3N2O3. The van der Waals surface area contributed by atoms with Crippen LogP contribution in [0.4, 0.5) is 13.2 Å². The summed E-state index contributed by atoms with van der Waals surface area (Å²) in [6.07, 6.45) is -3.98. The normalized spacial score (nSPS) is 13.0. The van der Waals surface area contributed by atoms with E-state index in [1.807, 2.05) is 0 Å². The molecule has 1 amide bonds. The first-order chi connectivity index (χ1) is 7.82. The van der Waals surface area contributed by atoms with E-state index in [2.05, 4.69) is 4.74 Å². The highest BCUT2D eigenvalue weighted by atomic mass is 19.4. The zero-order valence-corrected chi connectivity index (χ0v) is 9.34. The van der Waals surface area contributed by atoms with Gasteiger partial charge < -0.3 is 15.8 Å². The number of nitrogens with one attached hydrogen (secondary N) is 1. The van der Waals surface area contributed by atoms with E-state index in [0.717, 1.165) is 7.11 Å². The van der Waals surface area contributed by atoms with Crippen molar-refractivity contribution in [3.05, 3.63) is 0 Å². The number of ether oxygens (including phenoxy) is 1. The van der Waals surface area contributed by atoms with Gasteiger partial charge in [-0.3, -0.25) is 4.79 Å². The van der Waals surface area contributed by atoms with E-state index in [9.17, 15) is 22.8 Å². The summed E-state index contributed by atoms with van der Waals surface area (Å²) >= 11 is 0. The molecule has 0 unspecified atom stereocenters. The number of carbonyl (C=O) groups is 2. The lowest BCUT2D eigenvalue weighted by Crippen LogP contribution is -2.47.